The van der Waals surface area contributed by atoms with Crippen molar-refractivity contribution in [3.8, 4) is 5.75 Å². The van der Waals surface area contributed by atoms with E-state index in [1.54, 1.807) is 59.7 Å². The molecule has 2 aliphatic rings. The van der Waals surface area contributed by atoms with E-state index in [0.717, 1.165) is 30.8 Å². The first kappa shape index (κ1) is 32.1. The SMILES string of the molecule is CC(C)(C)OC(=O)N1CCc2ccc(OCC3CCN(CCO)CC3)cc2C1(C(=N)NC(=O)O)C(=O)OC(C)(C)C. The van der Waals surface area contributed by atoms with Gasteiger partial charge in [-0.2, -0.15) is 0 Å². The van der Waals surface area contributed by atoms with Crippen molar-refractivity contribution >= 4 is 24.0 Å². The van der Waals surface area contributed by atoms with E-state index in [0.29, 0.717) is 36.8 Å². The Morgan fingerprint density at radius 1 is 1.05 bits per heavy atom. The summed E-state index contributed by atoms with van der Waals surface area (Å²) in [7, 11) is 0. The molecule has 0 aliphatic carbocycles. The molecule has 3 rings (SSSR count). The molecule has 2 amide bonds. The lowest BCUT2D eigenvalue weighted by atomic mass is 9.79. The maximum atomic E-state index is 14.1. The smallest absolute Gasteiger partial charge is 0.411 e. The maximum absolute atomic E-state index is 14.1. The van der Waals surface area contributed by atoms with Crippen LogP contribution in [0.4, 0.5) is 9.59 Å². The van der Waals surface area contributed by atoms with Crippen LogP contribution in [-0.4, -0.2) is 94.6 Å². The first-order chi connectivity index (χ1) is 19.1. The van der Waals surface area contributed by atoms with Crippen molar-refractivity contribution in [2.75, 3.05) is 39.4 Å². The number of rotatable bonds is 7. The molecule has 12 nitrogen and oxygen atoms in total. The molecule has 1 unspecified atom stereocenters. The Bertz CT molecular complexity index is 1130. The van der Waals surface area contributed by atoms with Crippen molar-refractivity contribution in [3.05, 3.63) is 29.3 Å². The number of hydrogen-bond acceptors (Lipinski definition) is 9. The van der Waals surface area contributed by atoms with Crippen molar-refractivity contribution in [3.63, 3.8) is 0 Å². The van der Waals surface area contributed by atoms with E-state index in [2.05, 4.69) is 4.90 Å². The quantitative estimate of drug-likeness (QED) is 0.217. The Balaban J connectivity index is 2.06. The van der Waals surface area contributed by atoms with Gasteiger partial charge in [-0.15, -0.1) is 0 Å². The molecule has 0 bridgehead atoms. The summed E-state index contributed by atoms with van der Waals surface area (Å²) in [6.07, 6.45) is -0.289. The summed E-state index contributed by atoms with van der Waals surface area (Å²) >= 11 is 0. The molecule has 41 heavy (non-hydrogen) atoms. The van der Waals surface area contributed by atoms with Crippen molar-refractivity contribution < 1.29 is 38.8 Å². The highest BCUT2D eigenvalue weighted by Gasteiger charge is 2.58. The predicted octanol–water partition coefficient (Wildman–Crippen LogP) is 3.34. The summed E-state index contributed by atoms with van der Waals surface area (Å²) in [4.78, 5) is 42.7. The van der Waals surface area contributed by atoms with Crippen LogP contribution in [0, 0.1) is 11.3 Å². The summed E-state index contributed by atoms with van der Waals surface area (Å²) in [6, 6.07) is 5.14. The third kappa shape index (κ3) is 7.88. The number of fused-ring (bicyclic) bond motifs is 1. The van der Waals surface area contributed by atoms with Crippen molar-refractivity contribution in [1.82, 2.24) is 15.1 Å². The number of amidine groups is 1. The zero-order valence-electron chi connectivity index (χ0n) is 24.9. The number of carbonyl (C=O) groups excluding carboxylic acids is 2. The lowest BCUT2D eigenvalue weighted by molar-refractivity contribution is -0.166. The van der Waals surface area contributed by atoms with E-state index in [4.69, 9.17) is 19.6 Å². The van der Waals surface area contributed by atoms with Crippen LogP contribution in [0.3, 0.4) is 0 Å². The molecule has 1 saturated heterocycles. The van der Waals surface area contributed by atoms with Gasteiger partial charge in [0.2, 0.25) is 5.54 Å². The maximum Gasteiger partial charge on any atom is 0.411 e. The molecule has 0 saturated carbocycles. The number of benzene rings is 1. The summed E-state index contributed by atoms with van der Waals surface area (Å²) in [5, 5.41) is 29.6. The van der Waals surface area contributed by atoms with Gasteiger partial charge in [0.05, 0.1) is 13.2 Å². The fraction of sp³-hybridized carbons (Fsp3) is 0.655. The third-order valence-corrected chi connectivity index (χ3v) is 6.99. The minimum absolute atomic E-state index is 0.0164. The predicted molar refractivity (Wildman–Crippen MR) is 151 cm³/mol. The first-order valence-electron chi connectivity index (χ1n) is 14.0. The van der Waals surface area contributed by atoms with Crippen LogP contribution in [0.1, 0.15) is 65.5 Å². The number of nitrogens with one attached hydrogen (secondary N) is 2. The van der Waals surface area contributed by atoms with E-state index in [1.165, 1.54) is 0 Å². The number of nitrogens with zero attached hydrogens (tertiary/aromatic N) is 2. The molecule has 0 radical (unpaired) electrons. The van der Waals surface area contributed by atoms with E-state index in [1.807, 2.05) is 5.32 Å². The molecule has 1 aromatic carbocycles. The van der Waals surface area contributed by atoms with Gasteiger partial charge < -0.3 is 29.3 Å². The number of carboxylic acid groups (broad SMARTS) is 1. The molecular formula is C29H44N4O8. The first-order valence-corrected chi connectivity index (χ1v) is 14.0. The minimum atomic E-state index is -2.27. The zero-order valence-corrected chi connectivity index (χ0v) is 24.9. The van der Waals surface area contributed by atoms with Crippen LogP contribution in [0.5, 0.6) is 5.75 Å². The monoisotopic (exact) mass is 576 g/mol. The van der Waals surface area contributed by atoms with Gasteiger partial charge in [0.25, 0.3) is 0 Å². The van der Waals surface area contributed by atoms with Crippen molar-refractivity contribution in [2.45, 2.75) is 77.5 Å². The summed E-state index contributed by atoms with van der Waals surface area (Å²) in [5.41, 5.74) is -3.33. The highest BCUT2D eigenvalue weighted by molar-refractivity contribution is 6.15. The lowest BCUT2D eigenvalue weighted by Crippen LogP contribution is -2.67. The fourth-order valence-electron chi connectivity index (χ4n) is 5.16. The number of amides is 2. The van der Waals surface area contributed by atoms with Gasteiger partial charge in [-0.25, -0.2) is 14.4 Å². The van der Waals surface area contributed by atoms with Gasteiger partial charge in [-0.1, -0.05) is 6.07 Å². The van der Waals surface area contributed by atoms with Gasteiger partial charge in [0, 0.05) is 18.7 Å². The molecule has 2 heterocycles. The number of hydrogen-bond donors (Lipinski definition) is 4. The van der Waals surface area contributed by atoms with E-state index >= 15 is 0 Å². The molecule has 0 spiro atoms. The topological polar surface area (TPSA) is 162 Å². The minimum Gasteiger partial charge on any atom is -0.493 e. The Morgan fingerprint density at radius 3 is 2.24 bits per heavy atom. The Hall–Kier alpha value is -3.38. The second-order valence-electron chi connectivity index (χ2n) is 12.5. The second-order valence-corrected chi connectivity index (χ2v) is 12.5. The number of aliphatic hydroxyl groups excluding tert-OH is 1. The number of ether oxygens (including phenoxy) is 3. The van der Waals surface area contributed by atoms with Crippen molar-refractivity contribution in [1.29, 1.82) is 5.41 Å². The van der Waals surface area contributed by atoms with Gasteiger partial charge in [-0.3, -0.25) is 15.6 Å². The Kier molecular flexibility index (Phi) is 9.91. The number of aliphatic hydroxyl groups is 1. The number of carbonyl (C=O) groups is 3. The standard InChI is InChI=1S/C29H44N4O8/c1-27(2,3)40-24(35)29(23(30)31-25(36)37)22-17-21(39-18-19-9-12-32(13-10-19)15-16-34)8-7-20(22)11-14-33(29)26(38)41-28(4,5)6/h7-8,17,19,34H,9-16,18H2,1-6H3,(H2,30,31)(H,36,37). The lowest BCUT2D eigenvalue weighted by Gasteiger charge is -2.46. The van der Waals surface area contributed by atoms with Crippen LogP contribution >= 0.6 is 0 Å². The van der Waals surface area contributed by atoms with Crippen LogP contribution in [0.15, 0.2) is 18.2 Å². The van der Waals surface area contributed by atoms with Gasteiger partial charge in [-0.05, 0) is 97.5 Å². The molecule has 4 N–H and O–H groups in total. The normalized spacial score (nSPS) is 20.1. The van der Waals surface area contributed by atoms with E-state index in [9.17, 15) is 24.6 Å². The molecule has 1 fully saturated rings. The summed E-state index contributed by atoms with van der Waals surface area (Å²) in [6.45, 7) is 12.9. The highest BCUT2D eigenvalue weighted by atomic mass is 16.6. The summed E-state index contributed by atoms with van der Waals surface area (Å²) in [5.74, 6) is -1.02. The van der Waals surface area contributed by atoms with Gasteiger partial charge in [0.1, 0.15) is 22.8 Å². The molecule has 1 aromatic rings. The number of β-amino-alcohol motifs (C(OH)–C–C–N with tert-alkyl or cyclic N) is 1. The van der Waals surface area contributed by atoms with Gasteiger partial charge in [0.15, 0.2) is 0 Å². The molecule has 0 aromatic heterocycles. The van der Waals surface area contributed by atoms with Crippen molar-refractivity contribution in [2.24, 2.45) is 5.92 Å². The number of esters is 1. The van der Waals surface area contributed by atoms with E-state index < -0.39 is 40.7 Å². The van der Waals surface area contributed by atoms with E-state index in [-0.39, 0.29) is 18.7 Å². The molecule has 1 atom stereocenters. The van der Waals surface area contributed by atoms with Crippen LogP contribution in [0.2, 0.25) is 0 Å². The largest absolute Gasteiger partial charge is 0.493 e. The third-order valence-electron chi connectivity index (χ3n) is 6.99. The van der Waals surface area contributed by atoms with Crippen LogP contribution in [0.25, 0.3) is 0 Å². The number of piperidine rings is 1. The molecule has 2 aliphatic heterocycles. The Labute approximate surface area is 241 Å². The van der Waals surface area contributed by atoms with Gasteiger partial charge >= 0.3 is 18.2 Å². The Morgan fingerprint density at radius 2 is 1.68 bits per heavy atom. The average molecular weight is 577 g/mol. The molecule has 12 heteroatoms. The summed E-state index contributed by atoms with van der Waals surface area (Å²) < 4.78 is 17.5. The van der Waals surface area contributed by atoms with Crippen LogP contribution < -0.4 is 10.1 Å². The molecule has 228 valence electrons. The fourth-order valence-corrected chi connectivity index (χ4v) is 5.16. The molecular weight excluding hydrogens is 532 g/mol. The number of likely N-dealkylation sites (tertiary alicyclic amines) is 1. The average Bonchev–Trinajstić information content (AvgIpc) is 2.85. The van der Waals surface area contributed by atoms with Crippen LogP contribution in [-0.2, 0) is 26.2 Å². The zero-order chi connectivity index (χ0) is 30.6. The highest BCUT2D eigenvalue weighted by Crippen LogP contribution is 2.41. The second kappa shape index (κ2) is 12.6.